The van der Waals surface area contributed by atoms with Crippen molar-refractivity contribution in [1.29, 1.82) is 0 Å². The summed E-state index contributed by atoms with van der Waals surface area (Å²) in [6.07, 6.45) is 1.78. The molecule has 2 heterocycles. The summed E-state index contributed by atoms with van der Waals surface area (Å²) in [4.78, 5) is 32.4. The van der Waals surface area contributed by atoms with E-state index in [1.54, 1.807) is 57.4 Å². The lowest BCUT2D eigenvalue weighted by Crippen LogP contribution is -2.40. The minimum Gasteiger partial charge on any atom is -0.497 e. The van der Waals surface area contributed by atoms with E-state index in [9.17, 15) is 9.59 Å². The van der Waals surface area contributed by atoms with Gasteiger partial charge >= 0.3 is 5.97 Å². The SMILES string of the molecule is CCOC(=O)C1=C(C)N=c2s/c(=C\c3ccc(OCc4ccc(Cl)cc4Cl)c(Br)c3)c(=O)n2[C@H]1c1cc(OC)ccc1OC. The maximum Gasteiger partial charge on any atom is 0.338 e. The molecule has 1 aliphatic rings. The first-order valence-corrected chi connectivity index (χ1v) is 15.8. The van der Waals surface area contributed by atoms with E-state index >= 15 is 0 Å². The van der Waals surface area contributed by atoms with E-state index in [0.29, 0.717) is 52.4 Å². The number of hydrogen-bond donors (Lipinski definition) is 0. The van der Waals surface area contributed by atoms with Crippen LogP contribution in [0, 0.1) is 0 Å². The third-order valence-corrected chi connectivity index (χ3v) is 9.09. The van der Waals surface area contributed by atoms with Crippen molar-refractivity contribution in [2.45, 2.75) is 26.5 Å². The number of ether oxygens (including phenoxy) is 4. The fourth-order valence-electron chi connectivity index (χ4n) is 4.81. The van der Waals surface area contributed by atoms with Gasteiger partial charge in [-0.3, -0.25) is 9.36 Å². The number of aromatic nitrogens is 1. The van der Waals surface area contributed by atoms with Gasteiger partial charge in [-0.2, -0.15) is 0 Å². The zero-order chi connectivity index (χ0) is 31.5. The third kappa shape index (κ3) is 6.44. The first-order chi connectivity index (χ1) is 21.1. The van der Waals surface area contributed by atoms with Gasteiger partial charge in [0.05, 0.1) is 41.1 Å². The lowest BCUT2D eigenvalue weighted by Gasteiger charge is -2.26. The number of nitrogens with zero attached hydrogens (tertiary/aromatic N) is 2. The van der Waals surface area contributed by atoms with E-state index in [-0.39, 0.29) is 24.3 Å². The lowest BCUT2D eigenvalue weighted by molar-refractivity contribution is -0.139. The highest BCUT2D eigenvalue weighted by atomic mass is 79.9. The van der Waals surface area contributed by atoms with Crippen LogP contribution in [0.1, 0.15) is 36.6 Å². The van der Waals surface area contributed by atoms with Crippen molar-refractivity contribution in [3.8, 4) is 17.2 Å². The van der Waals surface area contributed by atoms with Crippen LogP contribution in [-0.2, 0) is 16.1 Å². The zero-order valence-electron chi connectivity index (χ0n) is 24.2. The molecule has 0 aliphatic carbocycles. The van der Waals surface area contributed by atoms with Crippen LogP contribution in [0.15, 0.2) is 80.1 Å². The number of methoxy groups -OCH3 is 2. The molecule has 8 nitrogen and oxygen atoms in total. The Balaban J connectivity index is 1.56. The number of hydrogen-bond acceptors (Lipinski definition) is 8. The van der Waals surface area contributed by atoms with E-state index < -0.39 is 12.0 Å². The second-order valence-electron chi connectivity index (χ2n) is 9.62. The molecule has 0 spiro atoms. The number of esters is 1. The molecule has 0 amide bonds. The van der Waals surface area contributed by atoms with Crippen molar-refractivity contribution in [3.05, 3.63) is 117 Å². The first kappa shape index (κ1) is 31.8. The Morgan fingerprint density at radius 3 is 2.52 bits per heavy atom. The Morgan fingerprint density at radius 1 is 1.07 bits per heavy atom. The van der Waals surface area contributed by atoms with Gasteiger partial charge in [-0.15, -0.1) is 0 Å². The minimum atomic E-state index is -0.847. The molecule has 12 heteroatoms. The molecule has 0 saturated heterocycles. The molecule has 5 rings (SSSR count). The van der Waals surface area contributed by atoms with Gasteiger partial charge in [0, 0.05) is 21.2 Å². The van der Waals surface area contributed by atoms with E-state index in [1.165, 1.54) is 23.0 Å². The molecule has 1 aromatic heterocycles. The molecular weight excluding hydrogens is 691 g/mol. The van der Waals surface area contributed by atoms with Gasteiger partial charge in [0.25, 0.3) is 5.56 Å². The van der Waals surface area contributed by atoms with E-state index in [0.717, 1.165) is 11.1 Å². The second kappa shape index (κ2) is 13.6. The van der Waals surface area contributed by atoms with Crippen molar-refractivity contribution in [1.82, 2.24) is 4.57 Å². The Hall–Kier alpha value is -3.57. The average molecular weight is 718 g/mol. The van der Waals surface area contributed by atoms with E-state index in [1.807, 2.05) is 24.3 Å². The van der Waals surface area contributed by atoms with Crippen molar-refractivity contribution in [2.75, 3.05) is 20.8 Å². The van der Waals surface area contributed by atoms with Gasteiger partial charge in [-0.05, 0) is 83.9 Å². The standard InChI is InChI=1S/C32H27BrCl2N2O6S/c1-5-42-31(39)28-17(2)36-32-37(29(28)22-15-21(40-3)9-11-25(22)41-4)30(38)27(44-32)13-18-6-10-26(23(33)12-18)43-16-19-7-8-20(34)14-24(19)35/h6-15,29H,5,16H2,1-4H3/b27-13-/t29-/m0/s1. The zero-order valence-corrected chi connectivity index (χ0v) is 28.1. The van der Waals surface area contributed by atoms with Crippen LogP contribution in [0.2, 0.25) is 10.0 Å². The molecule has 0 saturated carbocycles. The summed E-state index contributed by atoms with van der Waals surface area (Å²) >= 11 is 17.1. The number of carbonyl (C=O) groups is 1. The monoisotopic (exact) mass is 716 g/mol. The highest BCUT2D eigenvalue weighted by molar-refractivity contribution is 9.10. The third-order valence-electron chi connectivity index (χ3n) is 6.90. The van der Waals surface area contributed by atoms with Crippen molar-refractivity contribution < 1.29 is 23.7 Å². The predicted molar refractivity (Wildman–Crippen MR) is 175 cm³/mol. The molecule has 1 atom stereocenters. The Kier molecular flexibility index (Phi) is 9.84. The smallest absolute Gasteiger partial charge is 0.338 e. The van der Waals surface area contributed by atoms with Crippen LogP contribution in [0.5, 0.6) is 17.2 Å². The number of benzene rings is 3. The molecule has 0 fully saturated rings. The number of rotatable bonds is 9. The van der Waals surface area contributed by atoms with Gasteiger partial charge < -0.3 is 18.9 Å². The Labute approximate surface area is 275 Å². The quantitative estimate of drug-likeness (QED) is 0.185. The second-order valence-corrected chi connectivity index (χ2v) is 12.3. The van der Waals surface area contributed by atoms with Crippen LogP contribution >= 0.6 is 50.5 Å². The number of fused-ring (bicyclic) bond motifs is 1. The first-order valence-electron chi connectivity index (χ1n) is 13.4. The van der Waals surface area contributed by atoms with Crippen LogP contribution in [-0.4, -0.2) is 31.4 Å². The van der Waals surface area contributed by atoms with Gasteiger partial charge in [0.2, 0.25) is 0 Å². The van der Waals surface area contributed by atoms with Gasteiger partial charge in [-0.1, -0.05) is 46.7 Å². The Bertz CT molecular complexity index is 1970. The van der Waals surface area contributed by atoms with Crippen LogP contribution < -0.4 is 29.1 Å². The number of allylic oxidation sites excluding steroid dienone is 1. The van der Waals surface area contributed by atoms with Crippen LogP contribution in [0.3, 0.4) is 0 Å². The van der Waals surface area contributed by atoms with Gasteiger partial charge in [-0.25, -0.2) is 9.79 Å². The van der Waals surface area contributed by atoms with E-state index in [2.05, 4.69) is 20.9 Å². The molecule has 44 heavy (non-hydrogen) atoms. The summed E-state index contributed by atoms with van der Waals surface area (Å²) in [5.41, 5.74) is 2.52. The predicted octanol–water partition coefficient (Wildman–Crippen LogP) is 6.46. The largest absolute Gasteiger partial charge is 0.497 e. The Morgan fingerprint density at radius 2 is 1.84 bits per heavy atom. The van der Waals surface area contributed by atoms with Gasteiger partial charge in [0.15, 0.2) is 4.80 Å². The molecule has 4 aromatic rings. The molecule has 0 radical (unpaired) electrons. The molecule has 0 bridgehead atoms. The van der Waals surface area contributed by atoms with Gasteiger partial charge in [0.1, 0.15) is 29.9 Å². The molecule has 1 aliphatic heterocycles. The van der Waals surface area contributed by atoms with Crippen LogP contribution in [0.4, 0.5) is 0 Å². The summed E-state index contributed by atoms with van der Waals surface area (Å²) in [7, 11) is 3.08. The number of halogens is 3. The molecule has 0 unspecified atom stereocenters. The summed E-state index contributed by atoms with van der Waals surface area (Å²) < 4.78 is 25.1. The summed E-state index contributed by atoms with van der Waals surface area (Å²) in [6.45, 7) is 3.88. The summed E-state index contributed by atoms with van der Waals surface area (Å²) in [5.74, 6) is 1.08. The number of carbonyl (C=O) groups excluding carboxylic acids is 1. The van der Waals surface area contributed by atoms with Crippen molar-refractivity contribution >= 4 is 62.5 Å². The lowest BCUT2D eigenvalue weighted by atomic mass is 9.94. The maximum absolute atomic E-state index is 14.0. The fraction of sp³-hybridized carbons (Fsp3) is 0.219. The number of thiazole rings is 1. The molecule has 228 valence electrons. The molecular formula is C32H27BrCl2N2O6S. The van der Waals surface area contributed by atoms with Crippen molar-refractivity contribution in [3.63, 3.8) is 0 Å². The normalized spacial score (nSPS) is 14.6. The minimum absolute atomic E-state index is 0.170. The van der Waals surface area contributed by atoms with Crippen LogP contribution in [0.25, 0.3) is 6.08 Å². The average Bonchev–Trinajstić information content (AvgIpc) is 3.30. The van der Waals surface area contributed by atoms with Crippen molar-refractivity contribution in [2.24, 2.45) is 4.99 Å². The summed E-state index contributed by atoms with van der Waals surface area (Å²) in [6, 6.07) is 15.2. The highest BCUT2D eigenvalue weighted by Crippen LogP contribution is 2.38. The molecule has 3 aromatic carbocycles. The fourth-order valence-corrected chi connectivity index (χ4v) is 6.83. The highest BCUT2D eigenvalue weighted by Gasteiger charge is 2.35. The summed E-state index contributed by atoms with van der Waals surface area (Å²) in [5, 5.41) is 1.07. The maximum atomic E-state index is 14.0. The van der Waals surface area contributed by atoms with E-state index in [4.69, 9.17) is 42.1 Å². The topological polar surface area (TPSA) is 88.4 Å². The molecule has 0 N–H and O–H groups in total.